The van der Waals surface area contributed by atoms with Crippen LogP contribution in [0, 0.1) is 6.92 Å². The van der Waals surface area contributed by atoms with Crippen LogP contribution in [0.25, 0.3) is 16.5 Å². The van der Waals surface area contributed by atoms with Gasteiger partial charge in [0.05, 0.1) is 0 Å². The molecule has 3 aromatic rings. The summed E-state index contributed by atoms with van der Waals surface area (Å²) in [6.45, 7) is 3.03. The molecule has 4 rings (SSSR count). The van der Waals surface area contributed by atoms with Crippen LogP contribution in [0.5, 0.6) is 0 Å². The zero-order valence-electron chi connectivity index (χ0n) is 15.7. The number of aromatic amines is 1. The van der Waals surface area contributed by atoms with E-state index in [1.165, 1.54) is 22.1 Å². The number of aromatic nitrogens is 1. The number of para-hydroxylation sites is 1. The quantitative estimate of drug-likeness (QED) is 0.618. The van der Waals surface area contributed by atoms with Crippen molar-refractivity contribution in [2.45, 2.75) is 31.6 Å². The third kappa shape index (κ3) is 4.46. The normalized spacial score (nSPS) is 18.4. The molecule has 4 heteroatoms. The standard InChI is InChI=1S/C23H26N2OS/c1-17-5-4-6-18(13-17)19-9-11-24-21(14-19)10-12-27(26)16-20-15-25-23-8-3-2-7-22(20)23/h2-9,13,15,21,24-25H,10-12,14,16H2,1H3. The summed E-state index contributed by atoms with van der Waals surface area (Å²) >= 11 is -0.846. The van der Waals surface area contributed by atoms with Crippen molar-refractivity contribution < 1.29 is 4.55 Å². The molecule has 140 valence electrons. The molecule has 2 N–H and O–H groups in total. The summed E-state index contributed by atoms with van der Waals surface area (Å²) in [7, 11) is 0. The van der Waals surface area contributed by atoms with Crippen LogP contribution in [0.3, 0.4) is 0 Å². The first-order chi connectivity index (χ1) is 13.2. The lowest BCUT2D eigenvalue weighted by Crippen LogP contribution is -2.34. The van der Waals surface area contributed by atoms with E-state index in [0.29, 0.717) is 11.8 Å². The highest BCUT2D eigenvalue weighted by molar-refractivity contribution is 7.90. The Morgan fingerprint density at radius 3 is 2.93 bits per heavy atom. The van der Waals surface area contributed by atoms with Gasteiger partial charge in [0.1, 0.15) is 11.5 Å². The van der Waals surface area contributed by atoms with Crippen molar-refractivity contribution in [1.29, 1.82) is 0 Å². The third-order valence-electron chi connectivity index (χ3n) is 5.30. The van der Waals surface area contributed by atoms with Gasteiger partial charge in [-0.15, -0.1) is 0 Å². The molecule has 1 aromatic heterocycles. The summed E-state index contributed by atoms with van der Waals surface area (Å²) in [5.41, 5.74) is 6.29. The fraction of sp³-hybridized carbons (Fsp3) is 0.304. The van der Waals surface area contributed by atoms with Crippen molar-refractivity contribution >= 4 is 27.7 Å². The van der Waals surface area contributed by atoms with E-state index in [-0.39, 0.29) is 0 Å². The Balaban J connectivity index is 1.33. The van der Waals surface area contributed by atoms with Crippen molar-refractivity contribution in [2.24, 2.45) is 0 Å². The average Bonchev–Trinajstić information content (AvgIpc) is 3.10. The smallest absolute Gasteiger partial charge is 0.132 e. The Bertz CT molecular complexity index is 946. The van der Waals surface area contributed by atoms with E-state index in [9.17, 15) is 4.55 Å². The van der Waals surface area contributed by atoms with Crippen molar-refractivity contribution in [2.75, 3.05) is 12.3 Å². The predicted molar refractivity (Wildman–Crippen MR) is 115 cm³/mol. The maximum Gasteiger partial charge on any atom is 0.132 e. The second-order valence-corrected chi connectivity index (χ2v) is 8.92. The van der Waals surface area contributed by atoms with Gasteiger partial charge in [-0.2, -0.15) is 0 Å². The first-order valence-corrected chi connectivity index (χ1v) is 11.1. The van der Waals surface area contributed by atoms with Crippen molar-refractivity contribution in [3.8, 4) is 0 Å². The highest BCUT2D eigenvalue weighted by atomic mass is 32.2. The molecule has 0 saturated heterocycles. The number of hydrogen-bond acceptors (Lipinski definition) is 2. The molecule has 3 nitrogen and oxygen atoms in total. The molecule has 2 unspecified atom stereocenters. The van der Waals surface area contributed by atoms with Gasteiger partial charge in [-0.05, 0) is 41.7 Å². The van der Waals surface area contributed by atoms with Crippen LogP contribution in [-0.2, 0) is 16.9 Å². The maximum absolute atomic E-state index is 12.6. The SMILES string of the molecule is Cc1cccc(C2=CCNC(CC[S+]([O-])Cc3c[nH]c4ccccc34)C2)c1. The van der Waals surface area contributed by atoms with Crippen molar-refractivity contribution in [3.05, 3.63) is 77.5 Å². The van der Waals surface area contributed by atoms with E-state index in [2.05, 4.69) is 59.7 Å². The number of benzene rings is 2. The van der Waals surface area contributed by atoms with E-state index >= 15 is 0 Å². The van der Waals surface area contributed by atoms with Gasteiger partial charge in [0.25, 0.3) is 0 Å². The highest BCUT2D eigenvalue weighted by Crippen LogP contribution is 2.25. The largest absolute Gasteiger partial charge is 0.616 e. The molecule has 0 bridgehead atoms. The lowest BCUT2D eigenvalue weighted by molar-refractivity contribution is 0.515. The third-order valence-corrected chi connectivity index (χ3v) is 6.62. The molecule has 2 heterocycles. The van der Waals surface area contributed by atoms with E-state index in [0.717, 1.165) is 36.2 Å². The molecule has 0 spiro atoms. The summed E-state index contributed by atoms with van der Waals surface area (Å²) < 4.78 is 12.6. The Morgan fingerprint density at radius 2 is 2.04 bits per heavy atom. The fourth-order valence-corrected chi connectivity index (χ4v) is 5.10. The predicted octanol–water partition coefficient (Wildman–Crippen LogP) is 4.56. The molecule has 1 aliphatic rings. The monoisotopic (exact) mass is 378 g/mol. The molecular formula is C23H26N2OS. The van der Waals surface area contributed by atoms with Crippen LogP contribution in [0.1, 0.15) is 29.5 Å². The zero-order valence-corrected chi connectivity index (χ0v) is 16.5. The summed E-state index contributed by atoms with van der Waals surface area (Å²) in [6, 6.07) is 17.3. The van der Waals surface area contributed by atoms with Crippen molar-refractivity contribution in [1.82, 2.24) is 10.3 Å². The number of rotatable bonds is 6. The summed E-state index contributed by atoms with van der Waals surface area (Å²) in [5, 5.41) is 4.75. The van der Waals surface area contributed by atoms with Gasteiger partial charge >= 0.3 is 0 Å². The zero-order chi connectivity index (χ0) is 18.6. The molecule has 2 atom stereocenters. The lowest BCUT2D eigenvalue weighted by atomic mass is 9.93. The van der Waals surface area contributed by atoms with E-state index in [4.69, 9.17) is 0 Å². The molecular weight excluding hydrogens is 352 g/mol. The minimum Gasteiger partial charge on any atom is -0.616 e. The molecule has 1 aliphatic heterocycles. The second-order valence-electron chi connectivity index (χ2n) is 7.34. The van der Waals surface area contributed by atoms with Crippen LogP contribution in [0.2, 0.25) is 0 Å². The molecule has 27 heavy (non-hydrogen) atoms. The van der Waals surface area contributed by atoms with E-state index in [1.807, 2.05) is 18.3 Å². The molecule has 0 amide bonds. The summed E-state index contributed by atoms with van der Waals surface area (Å²) in [4.78, 5) is 3.27. The number of hydrogen-bond donors (Lipinski definition) is 2. The molecule has 0 aliphatic carbocycles. The van der Waals surface area contributed by atoms with Gasteiger partial charge in [0, 0.05) is 41.7 Å². The first kappa shape index (κ1) is 18.4. The molecule has 0 fully saturated rings. The topological polar surface area (TPSA) is 50.9 Å². The number of H-pyrrole nitrogens is 1. The van der Waals surface area contributed by atoms with Crippen molar-refractivity contribution in [3.63, 3.8) is 0 Å². The van der Waals surface area contributed by atoms with Crippen LogP contribution in [-0.4, -0.2) is 27.9 Å². The Morgan fingerprint density at radius 1 is 1.15 bits per heavy atom. The van der Waals surface area contributed by atoms with Crippen LogP contribution < -0.4 is 5.32 Å². The number of aryl methyl sites for hydroxylation is 1. The van der Waals surface area contributed by atoms with E-state index < -0.39 is 11.2 Å². The van der Waals surface area contributed by atoms with Gasteiger partial charge < -0.3 is 14.9 Å². The van der Waals surface area contributed by atoms with Crippen LogP contribution in [0.4, 0.5) is 0 Å². The summed E-state index contributed by atoms with van der Waals surface area (Å²) in [6.07, 6.45) is 6.24. The molecule has 0 saturated carbocycles. The molecule has 2 aromatic carbocycles. The van der Waals surface area contributed by atoms with Gasteiger partial charge in [-0.1, -0.05) is 54.1 Å². The number of fused-ring (bicyclic) bond motifs is 1. The second kappa shape index (κ2) is 8.34. The van der Waals surface area contributed by atoms with Crippen LogP contribution >= 0.6 is 0 Å². The van der Waals surface area contributed by atoms with Gasteiger partial charge in [0.15, 0.2) is 0 Å². The van der Waals surface area contributed by atoms with Gasteiger partial charge in [0.2, 0.25) is 0 Å². The fourth-order valence-electron chi connectivity index (χ4n) is 3.82. The Kier molecular flexibility index (Phi) is 5.67. The van der Waals surface area contributed by atoms with E-state index in [1.54, 1.807) is 0 Å². The minimum absolute atomic E-state index is 0.400. The Labute approximate surface area is 164 Å². The Hall–Kier alpha value is -2.01. The number of nitrogens with one attached hydrogen (secondary N) is 2. The highest BCUT2D eigenvalue weighted by Gasteiger charge is 2.19. The minimum atomic E-state index is -0.846. The van der Waals surface area contributed by atoms with Gasteiger partial charge in [-0.3, -0.25) is 0 Å². The van der Waals surface area contributed by atoms with Crippen LogP contribution in [0.15, 0.2) is 60.8 Å². The van der Waals surface area contributed by atoms with Gasteiger partial charge in [-0.25, -0.2) is 0 Å². The summed E-state index contributed by atoms with van der Waals surface area (Å²) in [5.74, 6) is 1.36. The first-order valence-electron chi connectivity index (χ1n) is 9.58. The lowest BCUT2D eigenvalue weighted by Gasteiger charge is -2.25. The molecule has 0 radical (unpaired) electrons. The maximum atomic E-state index is 12.6. The average molecular weight is 379 g/mol.